The van der Waals surface area contributed by atoms with Crippen LogP contribution in [0.15, 0.2) is 168 Å². The van der Waals surface area contributed by atoms with Crippen molar-refractivity contribution in [2.24, 2.45) is 4.99 Å². The Bertz CT molecular complexity index is 2100. The molecule has 0 bridgehead atoms. The van der Waals surface area contributed by atoms with E-state index < -0.39 is 0 Å². The molecule has 0 amide bonds. The van der Waals surface area contributed by atoms with Crippen LogP contribution >= 0.6 is 11.8 Å². The van der Waals surface area contributed by atoms with E-state index in [1.165, 1.54) is 44.0 Å². The third-order valence-electron chi connectivity index (χ3n) is 10.6. The lowest BCUT2D eigenvalue weighted by atomic mass is 9.79. The number of hydrogen-bond donors (Lipinski definition) is 1. The molecule has 5 rings (SSSR count). The van der Waals surface area contributed by atoms with Crippen LogP contribution in [-0.4, -0.2) is 18.3 Å². The summed E-state index contributed by atoms with van der Waals surface area (Å²) in [6.07, 6.45) is 10.7. The first-order chi connectivity index (χ1) is 26.9. The van der Waals surface area contributed by atoms with E-state index in [2.05, 4.69) is 169 Å². The molecule has 0 aliphatic carbocycles. The second kappa shape index (κ2) is 19.7. The van der Waals surface area contributed by atoms with Crippen LogP contribution in [0.4, 0.5) is 17.1 Å². The van der Waals surface area contributed by atoms with E-state index in [4.69, 9.17) is 11.6 Å². The van der Waals surface area contributed by atoms with Crippen LogP contribution in [0.2, 0.25) is 0 Å². The van der Waals surface area contributed by atoms with E-state index in [0.29, 0.717) is 11.8 Å². The molecule has 0 aromatic heterocycles. The number of nitrogens with one attached hydrogen (secondary N) is 1. The summed E-state index contributed by atoms with van der Waals surface area (Å²) in [5, 5.41) is 3.98. The van der Waals surface area contributed by atoms with Gasteiger partial charge in [0.25, 0.3) is 0 Å². The minimum Gasteiger partial charge on any atom is -0.353 e. The number of anilines is 3. The molecule has 1 aliphatic rings. The van der Waals surface area contributed by atoms with Crippen molar-refractivity contribution < 1.29 is 0 Å². The zero-order valence-corrected chi connectivity index (χ0v) is 35.6. The standard InChI is InChI=1S/C52H61N3S/c1-12-22-39(10)56-40(11)31-37(8)29-30-45-43-25-18-19-26-44(43)48(13-2)53-50(45)32-38(9)55(14-3)51-28-21-20-27-49(51)54-52-46(35(4)5)33-42(34-47(52)36(6)7)41-23-16-15-17-24-41/h12-13,15-28,31,33-36,45,50,54H,2,8-10,14,29-30,32H2,1,3-7,11H3/b22-12-,40-31+. The van der Waals surface area contributed by atoms with Crippen molar-refractivity contribution in [1.82, 2.24) is 0 Å². The molecule has 4 aromatic carbocycles. The largest absolute Gasteiger partial charge is 0.353 e. The molecule has 3 nitrogen and oxygen atoms in total. The van der Waals surface area contributed by atoms with Gasteiger partial charge in [0.15, 0.2) is 0 Å². The second-order valence-electron chi connectivity index (χ2n) is 15.4. The summed E-state index contributed by atoms with van der Waals surface area (Å²) in [6.45, 7) is 33.8. The lowest BCUT2D eigenvalue weighted by Crippen LogP contribution is -2.30. The van der Waals surface area contributed by atoms with Crippen LogP contribution in [0, 0.1) is 0 Å². The molecule has 0 fully saturated rings. The summed E-state index contributed by atoms with van der Waals surface area (Å²) >= 11 is 1.69. The van der Waals surface area contributed by atoms with Gasteiger partial charge in [-0.05, 0) is 115 Å². The molecule has 1 N–H and O–H groups in total. The van der Waals surface area contributed by atoms with Crippen molar-refractivity contribution in [3.05, 3.63) is 185 Å². The Kier molecular flexibility index (Phi) is 14.8. The van der Waals surface area contributed by atoms with Crippen molar-refractivity contribution in [2.45, 2.75) is 91.5 Å². The summed E-state index contributed by atoms with van der Waals surface area (Å²) in [6, 6.07) is 32.8. The maximum atomic E-state index is 5.38. The highest BCUT2D eigenvalue weighted by atomic mass is 32.2. The average molecular weight is 760 g/mol. The Morgan fingerprint density at radius 3 is 2.16 bits per heavy atom. The van der Waals surface area contributed by atoms with E-state index >= 15 is 0 Å². The van der Waals surface area contributed by atoms with Gasteiger partial charge in [-0.2, -0.15) is 0 Å². The first-order valence-corrected chi connectivity index (χ1v) is 21.0. The van der Waals surface area contributed by atoms with Gasteiger partial charge in [0, 0.05) is 40.7 Å². The van der Waals surface area contributed by atoms with Gasteiger partial charge in [-0.15, -0.1) is 0 Å². The van der Waals surface area contributed by atoms with E-state index in [0.717, 1.165) is 59.1 Å². The molecule has 1 aliphatic heterocycles. The fraction of sp³-hybridized carbons (Fsp3) is 0.288. The van der Waals surface area contributed by atoms with Crippen LogP contribution in [0.5, 0.6) is 0 Å². The molecular weight excluding hydrogens is 699 g/mol. The maximum absolute atomic E-state index is 5.38. The van der Waals surface area contributed by atoms with Crippen molar-refractivity contribution in [2.75, 3.05) is 16.8 Å². The number of benzene rings is 4. The smallest absolute Gasteiger partial charge is 0.0647 e. The second-order valence-corrected chi connectivity index (χ2v) is 16.7. The molecule has 290 valence electrons. The van der Waals surface area contributed by atoms with E-state index in [9.17, 15) is 0 Å². The molecule has 1 heterocycles. The molecule has 0 saturated heterocycles. The zero-order valence-electron chi connectivity index (χ0n) is 34.7. The summed E-state index contributed by atoms with van der Waals surface area (Å²) in [4.78, 5) is 9.97. The Hall–Kier alpha value is -5.06. The number of rotatable bonds is 18. The number of aliphatic imine (C=N–C) groups is 1. The van der Waals surface area contributed by atoms with Gasteiger partial charge in [-0.3, -0.25) is 4.99 Å². The third kappa shape index (κ3) is 10.2. The van der Waals surface area contributed by atoms with Crippen LogP contribution in [0.1, 0.15) is 108 Å². The predicted octanol–water partition coefficient (Wildman–Crippen LogP) is 15.3. The SMILES string of the molecule is C=CC1=NC(CC(=C)N(CC)c2ccccc2Nc2c(C(C)C)cc(-c3ccccc3)cc2C(C)C)C(CCC(=C)/C=C(\C)SC(=C)/C=C\C)c2ccccc21. The highest BCUT2D eigenvalue weighted by molar-refractivity contribution is 8.06. The number of nitrogens with zero attached hydrogens (tertiary/aromatic N) is 2. The van der Waals surface area contributed by atoms with Crippen LogP contribution in [0.25, 0.3) is 11.1 Å². The van der Waals surface area contributed by atoms with Crippen LogP contribution in [-0.2, 0) is 0 Å². The van der Waals surface area contributed by atoms with Crippen molar-refractivity contribution in [1.29, 1.82) is 0 Å². The molecule has 56 heavy (non-hydrogen) atoms. The van der Waals surface area contributed by atoms with Gasteiger partial charge < -0.3 is 10.2 Å². The Morgan fingerprint density at radius 2 is 1.52 bits per heavy atom. The number of allylic oxidation sites excluding steroid dienone is 6. The van der Waals surface area contributed by atoms with Gasteiger partial charge in [-0.25, -0.2) is 0 Å². The van der Waals surface area contributed by atoms with Crippen molar-refractivity contribution in [3.8, 4) is 11.1 Å². The van der Waals surface area contributed by atoms with Crippen molar-refractivity contribution >= 4 is 34.5 Å². The zero-order chi connectivity index (χ0) is 40.4. The highest BCUT2D eigenvalue weighted by Crippen LogP contribution is 2.43. The summed E-state index contributed by atoms with van der Waals surface area (Å²) in [5.74, 6) is 0.871. The molecule has 0 radical (unpaired) electrons. The Morgan fingerprint density at radius 1 is 0.875 bits per heavy atom. The molecule has 0 saturated carbocycles. The first kappa shape index (κ1) is 42.1. The third-order valence-corrected chi connectivity index (χ3v) is 11.4. The van der Waals surface area contributed by atoms with Gasteiger partial charge in [0.1, 0.15) is 0 Å². The normalized spacial score (nSPS) is 15.4. The molecular formula is C52H61N3S. The first-order valence-electron chi connectivity index (χ1n) is 20.1. The molecule has 4 heteroatoms. The van der Waals surface area contributed by atoms with E-state index in [-0.39, 0.29) is 12.0 Å². The fourth-order valence-electron chi connectivity index (χ4n) is 7.86. The van der Waals surface area contributed by atoms with Gasteiger partial charge in [-0.1, -0.05) is 150 Å². The molecule has 4 aromatic rings. The summed E-state index contributed by atoms with van der Waals surface area (Å²) < 4.78 is 0. The number of fused-ring (bicyclic) bond motifs is 1. The summed E-state index contributed by atoms with van der Waals surface area (Å²) in [7, 11) is 0. The molecule has 2 atom stereocenters. The fourth-order valence-corrected chi connectivity index (χ4v) is 8.70. The van der Waals surface area contributed by atoms with E-state index in [1.54, 1.807) is 11.8 Å². The Balaban J connectivity index is 1.45. The van der Waals surface area contributed by atoms with Crippen LogP contribution < -0.4 is 10.2 Å². The average Bonchev–Trinajstić information content (AvgIpc) is 3.18. The predicted molar refractivity (Wildman–Crippen MR) is 250 cm³/mol. The highest BCUT2D eigenvalue weighted by Gasteiger charge is 2.31. The number of thioether (sulfide) groups is 1. The topological polar surface area (TPSA) is 27.6 Å². The lowest BCUT2D eigenvalue weighted by molar-refractivity contribution is 0.489. The van der Waals surface area contributed by atoms with Gasteiger partial charge in [0.05, 0.1) is 23.1 Å². The minimum atomic E-state index is 0.00640. The number of para-hydroxylation sites is 2. The van der Waals surface area contributed by atoms with Gasteiger partial charge in [0.2, 0.25) is 0 Å². The van der Waals surface area contributed by atoms with Crippen LogP contribution in [0.3, 0.4) is 0 Å². The summed E-state index contributed by atoms with van der Waals surface area (Å²) in [5.41, 5.74) is 14.1. The monoisotopic (exact) mass is 759 g/mol. The molecule has 0 spiro atoms. The lowest BCUT2D eigenvalue weighted by Gasteiger charge is -2.35. The van der Waals surface area contributed by atoms with Gasteiger partial charge >= 0.3 is 0 Å². The number of hydrogen-bond acceptors (Lipinski definition) is 4. The minimum absolute atomic E-state index is 0.00640. The maximum Gasteiger partial charge on any atom is 0.0647 e. The van der Waals surface area contributed by atoms with E-state index in [1.807, 2.05) is 25.2 Å². The Labute approximate surface area is 342 Å². The van der Waals surface area contributed by atoms with Crippen molar-refractivity contribution in [3.63, 3.8) is 0 Å². The quantitative estimate of drug-likeness (QED) is 0.102. The molecule has 2 unspecified atom stereocenters.